The number of aromatic nitrogens is 1. The Morgan fingerprint density at radius 3 is 2.27 bits per heavy atom. The van der Waals surface area contributed by atoms with Gasteiger partial charge in [-0.1, -0.05) is 47.0 Å². The number of hydrogen-bond donors (Lipinski definition) is 2. The highest BCUT2D eigenvalue weighted by Crippen LogP contribution is 2.65. The van der Waals surface area contributed by atoms with E-state index < -0.39 is 105 Å². The van der Waals surface area contributed by atoms with Gasteiger partial charge in [-0.3, -0.25) is 24.6 Å². The van der Waals surface area contributed by atoms with Gasteiger partial charge in [-0.05, 0) is 60.7 Å². The molecule has 1 aromatic heterocycles. The maximum absolute atomic E-state index is 15.2. The summed E-state index contributed by atoms with van der Waals surface area (Å²) in [6.07, 6.45) is -10.0. The molecule has 1 saturated carbocycles. The molecule has 55 heavy (non-hydrogen) atoms. The predicted molar refractivity (Wildman–Crippen MR) is 176 cm³/mol. The molecule has 0 spiro atoms. The van der Waals surface area contributed by atoms with Crippen LogP contribution in [0.4, 0.5) is 37.0 Å². The summed E-state index contributed by atoms with van der Waals surface area (Å²) in [5.74, 6) is -12.8. The summed E-state index contributed by atoms with van der Waals surface area (Å²) in [5.41, 5.74) is -1.16. The van der Waals surface area contributed by atoms with Crippen molar-refractivity contribution in [1.82, 2.24) is 14.9 Å². The average molecular weight is 813 g/mol. The number of amides is 5. The van der Waals surface area contributed by atoms with Crippen molar-refractivity contribution in [3.05, 3.63) is 93.1 Å². The van der Waals surface area contributed by atoms with Crippen molar-refractivity contribution < 1.29 is 64.9 Å². The van der Waals surface area contributed by atoms with Gasteiger partial charge in [0.25, 0.3) is 11.8 Å². The lowest BCUT2D eigenvalue weighted by molar-refractivity contribution is -0.274. The van der Waals surface area contributed by atoms with Crippen LogP contribution >= 0.6 is 23.2 Å². The van der Waals surface area contributed by atoms with Gasteiger partial charge in [-0.15, -0.1) is 13.2 Å². The van der Waals surface area contributed by atoms with Crippen molar-refractivity contribution in [3.63, 3.8) is 0 Å². The molecule has 12 nitrogen and oxygen atoms in total. The van der Waals surface area contributed by atoms with Crippen molar-refractivity contribution >= 4 is 58.7 Å². The third-order valence-corrected chi connectivity index (χ3v) is 11.0. The summed E-state index contributed by atoms with van der Waals surface area (Å²) in [6.45, 7) is 0. The molecular formula is C35H24Cl2F6N4O8. The lowest BCUT2D eigenvalue weighted by atomic mass is 9.49. The molecule has 3 fully saturated rings. The quantitative estimate of drug-likeness (QED) is 0.160. The first kappa shape index (κ1) is 37.9. The Bertz CT molecular complexity index is 2200. The van der Waals surface area contributed by atoms with Gasteiger partial charge in [0.05, 0.1) is 40.9 Å². The number of nitrogens with zero attached hydrogens (tertiary/aromatic N) is 3. The fraction of sp³-hybridized carbons (Fsp3) is 0.314. The summed E-state index contributed by atoms with van der Waals surface area (Å²) < 4.78 is 89.6. The van der Waals surface area contributed by atoms with E-state index in [4.69, 9.17) is 23.2 Å². The molecule has 20 heteroatoms. The summed E-state index contributed by atoms with van der Waals surface area (Å²) in [6, 6.07) is 8.51. The molecule has 4 aliphatic rings. The van der Waals surface area contributed by atoms with E-state index in [2.05, 4.69) is 19.9 Å². The smallest absolute Gasteiger partial charge is 0.508 e. The topological polar surface area (TPSA) is 155 Å². The van der Waals surface area contributed by atoms with Crippen molar-refractivity contribution in [2.45, 2.75) is 36.7 Å². The number of benzene rings is 2. The van der Waals surface area contributed by atoms with Gasteiger partial charge >= 0.3 is 18.6 Å². The van der Waals surface area contributed by atoms with E-state index in [1.165, 1.54) is 30.3 Å². The number of aromatic hydroxyl groups is 1. The monoisotopic (exact) mass is 812 g/mol. The number of hydrazine groups is 1. The zero-order valence-corrected chi connectivity index (χ0v) is 29.3. The van der Waals surface area contributed by atoms with Gasteiger partial charge in [0.1, 0.15) is 11.5 Å². The first-order valence-corrected chi connectivity index (χ1v) is 16.9. The second kappa shape index (κ2) is 13.1. The minimum absolute atomic E-state index is 0.0639. The molecule has 3 aromatic rings. The number of carbonyl (C=O) groups is 5. The Balaban J connectivity index is 1.46. The number of rotatable bonds is 5. The number of likely N-dealkylation sites (tertiary alicyclic amines) is 1. The SMILES string of the molecule is COC(=O)N1C(=O)[C@H]2[C@H](CC=C3[C@H]2C[C@H]2C(=O)N(Nc4ncc(C(F)(F)F)cc4Cl)C(=O)[C@@]2(c2ccc(Cl)cc2)[C@H]3c2cc(OC(F)(F)F)ccc2O)C1=O. The van der Waals surface area contributed by atoms with Crippen molar-refractivity contribution in [2.75, 3.05) is 12.5 Å². The average Bonchev–Trinajstić information content (AvgIpc) is 3.49. The molecule has 0 radical (unpaired) electrons. The number of anilines is 1. The highest BCUT2D eigenvalue weighted by molar-refractivity contribution is 6.33. The molecule has 2 aromatic carbocycles. The van der Waals surface area contributed by atoms with Gasteiger partial charge in [0.15, 0.2) is 5.82 Å². The van der Waals surface area contributed by atoms with Crippen LogP contribution in [0.3, 0.4) is 0 Å². The maximum Gasteiger partial charge on any atom is 0.573 e. The Labute approximate surface area is 315 Å². The molecule has 0 bridgehead atoms. The van der Waals surface area contributed by atoms with Crippen molar-refractivity contribution in [3.8, 4) is 11.5 Å². The molecule has 2 saturated heterocycles. The Morgan fingerprint density at radius 2 is 1.65 bits per heavy atom. The van der Waals surface area contributed by atoms with Crippen LogP contribution < -0.4 is 10.2 Å². The second-order valence-corrected chi connectivity index (χ2v) is 14.0. The van der Waals surface area contributed by atoms with Crippen LogP contribution in [0, 0.1) is 23.7 Å². The number of pyridine rings is 1. The molecule has 2 N–H and O–H groups in total. The molecule has 288 valence electrons. The Morgan fingerprint density at radius 1 is 0.964 bits per heavy atom. The number of phenolic OH excluding ortho intramolecular Hbond substituents is 1. The normalized spacial score (nSPS) is 26.3. The van der Waals surface area contributed by atoms with Crippen LogP contribution in [0.15, 0.2) is 66.4 Å². The standard InChI is InChI=1S/C35H24Cl2F6N4O8/c1-54-32(53)46-28(49)19-8-7-18-20(25(19)30(46)51)12-22-29(50)47(45-27-23(37)10-15(13-44-27)34(38,39)40)31(52)33(22,14-2-4-16(36)5-3-14)26(18)21-11-17(6-9-24(21)48)55-35(41,42)43/h2-7,9-11,13,19-20,22,25-26,48H,8,12H2,1H3,(H,44,45)/t19-,20+,22-,25-,26+,33+/m0/s1. The second-order valence-electron chi connectivity index (χ2n) is 13.2. The first-order chi connectivity index (χ1) is 25.8. The van der Waals surface area contributed by atoms with Gasteiger partial charge in [0.2, 0.25) is 11.8 Å². The van der Waals surface area contributed by atoms with Crippen LogP contribution in [-0.4, -0.2) is 63.2 Å². The third kappa shape index (κ3) is 6.01. The van der Waals surface area contributed by atoms with E-state index in [1.54, 1.807) is 0 Å². The van der Waals surface area contributed by atoms with Crippen LogP contribution in [0.25, 0.3) is 0 Å². The largest absolute Gasteiger partial charge is 0.573 e. The number of hydrogen-bond acceptors (Lipinski definition) is 10. The molecule has 5 amide bonds. The number of ether oxygens (including phenoxy) is 2. The van der Waals surface area contributed by atoms with E-state index in [9.17, 15) is 50.6 Å². The number of nitrogens with one attached hydrogen (secondary N) is 1. The maximum atomic E-state index is 15.2. The van der Waals surface area contributed by atoms with Crippen molar-refractivity contribution in [2.24, 2.45) is 23.7 Å². The highest BCUT2D eigenvalue weighted by Gasteiger charge is 2.71. The van der Waals surface area contributed by atoms with Crippen LogP contribution in [0.1, 0.15) is 35.4 Å². The fourth-order valence-electron chi connectivity index (χ4n) is 8.36. The number of phenols is 1. The van der Waals surface area contributed by atoms with Gasteiger partial charge in [0, 0.05) is 22.7 Å². The van der Waals surface area contributed by atoms with Gasteiger partial charge in [-0.25, -0.2) is 9.78 Å². The van der Waals surface area contributed by atoms with E-state index >= 15 is 4.79 Å². The number of halogens is 8. The summed E-state index contributed by atoms with van der Waals surface area (Å²) in [4.78, 5) is 73.7. The highest BCUT2D eigenvalue weighted by atomic mass is 35.5. The van der Waals surface area contributed by atoms with Crippen LogP contribution in [-0.2, 0) is 35.5 Å². The van der Waals surface area contributed by atoms with E-state index in [1.807, 2.05) is 0 Å². The number of alkyl halides is 6. The van der Waals surface area contributed by atoms with Crippen molar-refractivity contribution in [1.29, 1.82) is 0 Å². The molecule has 3 heterocycles. The van der Waals surface area contributed by atoms with Gasteiger partial charge in [-0.2, -0.15) is 23.1 Å². The number of carbonyl (C=O) groups excluding carboxylic acids is 5. The number of fused-ring (bicyclic) bond motifs is 4. The zero-order valence-electron chi connectivity index (χ0n) is 27.7. The molecule has 2 aliphatic heterocycles. The first-order valence-electron chi connectivity index (χ1n) is 16.2. The lowest BCUT2D eigenvalue weighted by Gasteiger charge is -2.50. The number of imide groups is 4. The molecule has 6 atom stereocenters. The molecular weight excluding hydrogens is 789 g/mol. The molecule has 2 aliphatic carbocycles. The lowest BCUT2D eigenvalue weighted by Crippen LogP contribution is -2.53. The molecule has 7 rings (SSSR count). The Hall–Kier alpha value is -5.36. The van der Waals surface area contributed by atoms with Crippen LogP contribution in [0.2, 0.25) is 10.0 Å². The van der Waals surface area contributed by atoms with Crippen LogP contribution in [0.5, 0.6) is 11.5 Å². The Kier molecular flexibility index (Phi) is 9.07. The minimum atomic E-state index is -5.21. The third-order valence-electron chi connectivity index (χ3n) is 10.5. The van der Waals surface area contributed by atoms with E-state index in [-0.39, 0.29) is 34.6 Å². The predicted octanol–water partition coefficient (Wildman–Crippen LogP) is 6.76. The summed E-state index contributed by atoms with van der Waals surface area (Å²) in [5, 5.41) is 11.4. The summed E-state index contributed by atoms with van der Waals surface area (Å²) >= 11 is 12.3. The zero-order chi connectivity index (χ0) is 39.9. The summed E-state index contributed by atoms with van der Waals surface area (Å²) in [7, 11) is 0.951. The van der Waals surface area contributed by atoms with Gasteiger partial charge < -0.3 is 14.6 Å². The van der Waals surface area contributed by atoms with E-state index in [0.29, 0.717) is 22.2 Å². The fourth-order valence-corrected chi connectivity index (χ4v) is 8.69. The van der Waals surface area contributed by atoms with E-state index in [0.717, 1.165) is 25.3 Å². The molecule has 0 unspecified atom stereocenters. The number of allylic oxidation sites excluding steroid dienone is 2. The number of methoxy groups -OCH3 is 1. The minimum Gasteiger partial charge on any atom is -0.508 e.